The molecule has 0 saturated carbocycles. The second-order valence-electron chi connectivity index (χ2n) is 8.72. The molecule has 1 fully saturated rings. The Morgan fingerprint density at radius 1 is 1.22 bits per heavy atom. The Hall–Kier alpha value is -3.99. The van der Waals surface area contributed by atoms with Crippen molar-refractivity contribution >= 4 is 29.1 Å². The molecule has 2 aromatic rings. The highest BCUT2D eigenvalue weighted by atomic mass is 16.6. The number of aliphatic hydroxyl groups excluding tert-OH is 1. The first-order valence-corrected chi connectivity index (χ1v) is 12.2. The number of likely N-dealkylation sites (tertiary alicyclic amines) is 1. The molecule has 11 nitrogen and oxygen atoms in total. The molecule has 2 N–H and O–H groups in total. The monoisotopic (exact) mass is 512 g/mol. The van der Waals surface area contributed by atoms with Crippen LogP contribution < -0.4 is 0 Å². The van der Waals surface area contributed by atoms with E-state index in [1.165, 1.54) is 23.1 Å². The zero-order valence-electron chi connectivity index (χ0n) is 21.7. The number of aryl methyl sites for hydroxylation is 1. The van der Waals surface area contributed by atoms with E-state index in [2.05, 4.69) is 9.88 Å². The van der Waals surface area contributed by atoms with Gasteiger partial charge in [0.1, 0.15) is 11.5 Å². The number of ether oxygens (including phenoxy) is 1. The lowest BCUT2D eigenvalue weighted by atomic mass is 9.93. The molecule has 1 aromatic heterocycles. The quantitative estimate of drug-likeness (QED) is 0.123. The molecule has 1 saturated heterocycles. The van der Waals surface area contributed by atoms with E-state index in [1.54, 1.807) is 26.8 Å². The van der Waals surface area contributed by atoms with Crippen LogP contribution >= 0.6 is 0 Å². The standard InChI is InChI=1S/C26H32N4O7/c1-6-28(7-2)12-13-29-22(17-10-9-11-18(14-17)30(35)36)20(24(32)25(29)33)23(31)19-15(4)21(27-16(19)5)26(34)37-8-3/h9-11,14,22,27,31H,6-8,12-13H2,1-5H3/b23-20+. The molecule has 37 heavy (non-hydrogen) atoms. The Balaban J connectivity index is 2.21. The first-order valence-electron chi connectivity index (χ1n) is 12.2. The number of carbonyl (C=O) groups excluding carboxylic acids is 3. The maximum absolute atomic E-state index is 13.3. The van der Waals surface area contributed by atoms with Gasteiger partial charge in [0.15, 0.2) is 0 Å². The molecule has 1 aromatic carbocycles. The topological polar surface area (TPSA) is 146 Å². The van der Waals surface area contributed by atoms with E-state index in [9.17, 15) is 29.6 Å². The van der Waals surface area contributed by atoms with Crippen LogP contribution in [-0.4, -0.2) is 75.3 Å². The van der Waals surface area contributed by atoms with Crippen LogP contribution in [0.3, 0.4) is 0 Å². The summed E-state index contributed by atoms with van der Waals surface area (Å²) in [6.07, 6.45) is 0. The Morgan fingerprint density at radius 3 is 2.49 bits per heavy atom. The number of esters is 1. The maximum atomic E-state index is 13.3. The van der Waals surface area contributed by atoms with Gasteiger partial charge in [-0.05, 0) is 45.0 Å². The van der Waals surface area contributed by atoms with Gasteiger partial charge in [0, 0.05) is 36.5 Å². The molecule has 3 rings (SSSR count). The molecule has 198 valence electrons. The number of amides is 1. The number of aliphatic hydroxyl groups is 1. The van der Waals surface area contributed by atoms with Crippen LogP contribution in [0.5, 0.6) is 0 Å². The van der Waals surface area contributed by atoms with Crippen LogP contribution in [0, 0.1) is 24.0 Å². The van der Waals surface area contributed by atoms with Crippen LogP contribution in [0.25, 0.3) is 5.76 Å². The molecule has 1 unspecified atom stereocenters. The van der Waals surface area contributed by atoms with Crippen molar-refractivity contribution in [3.05, 3.63) is 68.0 Å². The SMILES string of the molecule is CCOC(=O)c1[nH]c(C)c(/C(O)=C2\C(=O)C(=O)N(CCN(CC)CC)C2c2cccc([N+](=O)[O-])c2)c1C. The molecular weight excluding hydrogens is 480 g/mol. The number of aromatic nitrogens is 1. The molecule has 1 atom stereocenters. The molecule has 1 amide bonds. The maximum Gasteiger partial charge on any atom is 0.355 e. The van der Waals surface area contributed by atoms with Crippen LogP contribution in [0.15, 0.2) is 29.8 Å². The second-order valence-corrected chi connectivity index (χ2v) is 8.72. The van der Waals surface area contributed by atoms with Gasteiger partial charge < -0.3 is 24.6 Å². The van der Waals surface area contributed by atoms with Crippen molar-refractivity contribution in [1.29, 1.82) is 0 Å². The van der Waals surface area contributed by atoms with E-state index >= 15 is 0 Å². The molecule has 0 aliphatic carbocycles. The summed E-state index contributed by atoms with van der Waals surface area (Å²) in [5, 5.41) is 22.9. The number of benzene rings is 1. The van der Waals surface area contributed by atoms with E-state index in [0.717, 1.165) is 13.1 Å². The first-order chi connectivity index (χ1) is 17.6. The van der Waals surface area contributed by atoms with Gasteiger partial charge in [-0.25, -0.2) is 4.79 Å². The van der Waals surface area contributed by atoms with Gasteiger partial charge in [-0.1, -0.05) is 26.0 Å². The summed E-state index contributed by atoms with van der Waals surface area (Å²) in [6.45, 7) is 11.1. The van der Waals surface area contributed by atoms with Crippen LogP contribution in [-0.2, 0) is 14.3 Å². The molecular formula is C26H32N4O7. The highest BCUT2D eigenvalue weighted by Crippen LogP contribution is 2.41. The zero-order chi connectivity index (χ0) is 27.4. The number of ketones is 1. The van der Waals surface area contributed by atoms with Crippen LogP contribution in [0.1, 0.15) is 59.7 Å². The summed E-state index contributed by atoms with van der Waals surface area (Å²) in [5.41, 5.74) is 1.04. The van der Waals surface area contributed by atoms with E-state index in [1.807, 2.05) is 13.8 Å². The zero-order valence-corrected chi connectivity index (χ0v) is 21.7. The smallest absolute Gasteiger partial charge is 0.355 e. The lowest BCUT2D eigenvalue weighted by Gasteiger charge is -2.28. The van der Waals surface area contributed by atoms with Gasteiger partial charge in [0.2, 0.25) is 0 Å². The third-order valence-electron chi connectivity index (χ3n) is 6.64. The van der Waals surface area contributed by atoms with Crippen molar-refractivity contribution in [2.45, 2.75) is 40.7 Å². The number of H-pyrrole nitrogens is 1. The number of nitrogens with one attached hydrogen (secondary N) is 1. The average Bonchev–Trinajstić information content (AvgIpc) is 3.31. The van der Waals surface area contributed by atoms with E-state index in [0.29, 0.717) is 23.4 Å². The molecule has 0 radical (unpaired) electrons. The van der Waals surface area contributed by atoms with Gasteiger partial charge in [0.25, 0.3) is 17.4 Å². The third-order valence-corrected chi connectivity index (χ3v) is 6.64. The number of rotatable bonds is 10. The summed E-state index contributed by atoms with van der Waals surface area (Å²) >= 11 is 0. The van der Waals surface area contributed by atoms with Crippen molar-refractivity contribution in [2.24, 2.45) is 0 Å². The van der Waals surface area contributed by atoms with Gasteiger partial charge in [0.05, 0.1) is 23.1 Å². The lowest BCUT2D eigenvalue weighted by Crippen LogP contribution is -2.38. The number of carbonyl (C=O) groups is 3. The fourth-order valence-corrected chi connectivity index (χ4v) is 4.70. The highest BCUT2D eigenvalue weighted by Gasteiger charge is 2.46. The molecule has 1 aliphatic heterocycles. The van der Waals surface area contributed by atoms with E-state index in [-0.39, 0.29) is 35.7 Å². The summed E-state index contributed by atoms with van der Waals surface area (Å²) < 4.78 is 5.07. The minimum Gasteiger partial charge on any atom is -0.507 e. The third kappa shape index (κ3) is 5.26. The van der Waals surface area contributed by atoms with Crippen molar-refractivity contribution in [1.82, 2.24) is 14.8 Å². The minimum absolute atomic E-state index is 0.128. The van der Waals surface area contributed by atoms with Gasteiger partial charge in [-0.2, -0.15) is 0 Å². The largest absolute Gasteiger partial charge is 0.507 e. The predicted octanol–water partition coefficient (Wildman–Crippen LogP) is 3.48. The number of nitro groups is 1. The summed E-state index contributed by atoms with van der Waals surface area (Å²) in [4.78, 5) is 56.1. The lowest BCUT2D eigenvalue weighted by molar-refractivity contribution is -0.384. The van der Waals surface area contributed by atoms with Crippen molar-refractivity contribution in [3.63, 3.8) is 0 Å². The Kier molecular flexibility index (Phi) is 8.49. The highest BCUT2D eigenvalue weighted by molar-refractivity contribution is 6.46. The average molecular weight is 513 g/mol. The number of aromatic amines is 1. The Bertz CT molecular complexity index is 1260. The fraction of sp³-hybridized carbons (Fsp3) is 0.423. The number of non-ortho nitro benzene ring substituents is 1. The van der Waals surface area contributed by atoms with Crippen LogP contribution in [0.4, 0.5) is 5.69 Å². The van der Waals surface area contributed by atoms with Crippen molar-refractivity contribution in [2.75, 3.05) is 32.8 Å². The van der Waals surface area contributed by atoms with Gasteiger partial charge in [-0.15, -0.1) is 0 Å². The second kappa shape index (κ2) is 11.4. The van der Waals surface area contributed by atoms with E-state index in [4.69, 9.17) is 4.74 Å². The molecule has 2 heterocycles. The Labute approximate surface area is 214 Å². The summed E-state index contributed by atoms with van der Waals surface area (Å²) in [6, 6.07) is 4.63. The van der Waals surface area contributed by atoms with Crippen molar-refractivity contribution < 1.29 is 29.2 Å². The summed E-state index contributed by atoms with van der Waals surface area (Å²) in [7, 11) is 0. The number of hydrogen-bond acceptors (Lipinski definition) is 8. The first kappa shape index (κ1) is 27.6. The Morgan fingerprint density at radius 2 is 1.89 bits per heavy atom. The molecule has 1 aliphatic rings. The predicted molar refractivity (Wildman–Crippen MR) is 136 cm³/mol. The number of likely N-dealkylation sites (N-methyl/N-ethyl adjacent to an activating group) is 1. The fourth-order valence-electron chi connectivity index (χ4n) is 4.70. The van der Waals surface area contributed by atoms with Crippen LogP contribution in [0.2, 0.25) is 0 Å². The van der Waals surface area contributed by atoms with Crippen molar-refractivity contribution in [3.8, 4) is 0 Å². The molecule has 0 spiro atoms. The van der Waals surface area contributed by atoms with Gasteiger partial charge in [-0.3, -0.25) is 19.7 Å². The minimum atomic E-state index is -1.05. The van der Waals surface area contributed by atoms with E-state index < -0.39 is 34.4 Å². The number of Topliss-reactive ketones (excluding diaryl/α,β-unsaturated/α-hetero) is 1. The normalized spacial score (nSPS) is 17.0. The summed E-state index contributed by atoms with van der Waals surface area (Å²) in [5.74, 6) is -2.77. The van der Waals surface area contributed by atoms with Gasteiger partial charge >= 0.3 is 5.97 Å². The molecule has 0 bridgehead atoms. The molecule has 11 heteroatoms. The number of nitrogens with zero attached hydrogens (tertiary/aromatic N) is 3. The number of hydrogen-bond donors (Lipinski definition) is 2. The number of nitro benzene ring substituents is 1.